The molecule has 1 aliphatic rings. The Hall–Kier alpha value is -1.00. The fourth-order valence-electron chi connectivity index (χ4n) is 2.04. The minimum atomic E-state index is -0.895. The summed E-state index contributed by atoms with van der Waals surface area (Å²) in [4.78, 5) is 0. The molecule has 82 valence electrons. The average Bonchev–Trinajstić information content (AvgIpc) is 2.74. The summed E-state index contributed by atoms with van der Waals surface area (Å²) in [6.07, 6.45) is 0.901. The van der Waals surface area contributed by atoms with Gasteiger partial charge in [-0.2, -0.15) is 0 Å². The van der Waals surface area contributed by atoms with Gasteiger partial charge >= 0.3 is 0 Å². The Labute approximate surface area is 86.9 Å². The number of rotatable bonds is 2. The van der Waals surface area contributed by atoms with Crippen LogP contribution in [0.5, 0.6) is 0 Å². The molecule has 0 radical (unpaired) electrons. The summed E-state index contributed by atoms with van der Waals surface area (Å²) in [6.45, 7) is 1.40. The highest BCUT2D eigenvalue weighted by molar-refractivity contribution is 5.32. The summed E-state index contributed by atoms with van der Waals surface area (Å²) in [7, 11) is 0. The normalized spacial score (nSPS) is 20.9. The van der Waals surface area contributed by atoms with Gasteiger partial charge in [0, 0.05) is 6.54 Å². The van der Waals surface area contributed by atoms with Crippen molar-refractivity contribution in [2.45, 2.75) is 18.9 Å². The second-order valence-corrected chi connectivity index (χ2v) is 3.81. The van der Waals surface area contributed by atoms with Crippen LogP contribution in [0.15, 0.2) is 12.1 Å². The molecule has 1 aromatic carbocycles. The maximum atomic E-state index is 13.1. The maximum absolute atomic E-state index is 13.1. The van der Waals surface area contributed by atoms with Crippen molar-refractivity contribution in [1.82, 2.24) is 5.32 Å². The zero-order valence-corrected chi connectivity index (χ0v) is 8.26. The van der Waals surface area contributed by atoms with E-state index in [9.17, 15) is 8.78 Å². The van der Waals surface area contributed by atoms with Crippen molar-refractivity contribution in [2.75, 3.05) is 13.1 Å². The third kappa shape index (κ3) is 2.01. The summed E-state index contributed by atoms with van der Waals surface area (Å²) in [6, 6.07) is 2.29. The monoisotopic (exact) mass is 213 g/mol. The zero-order chi connectivity index (χ0) is 10.8. The molecule has 1 aromatic rings. The summed E-state index contributed by atoms with van der Waals surface area (Å²) in [5.74, 6) is -1.55. The molecular formula is C11H13F2NO. The van der Waals surface area contributed by atoms with E-state index in [-0.39, 0.29) is 12.5 Å². The van der Waals surface area contributed by atoms with Crippen LogP contribution >= 0.6 is 0 Å². The van der Waals surface area contributed by atoms with E-state index in [0.29, 0.717) is 5.56 Å². The van der Waals surface area contributed by atoms with Gasteiger partial charge in [0.15, 0.2) is 11.6 Å². The molecule has 2 N–H and O–H groups in total. The van der Waals surface area contributed by atoms with Crippen LogP contribution in [0.4, 0.5) is 8.78 Å². The first-order valence-corrected chi connectivity index (χ1v) is 5.01. The van der Waals surface area contributed by atoms with E-state index in [0.717, 1.165) is 31.1 Å². The third-order valence-electron chi connectivity index (χ3n) is 2.85. The lowest BCUT2D eigenvalue weighted by molar-refractivity contribution is 0.279. The number of halogens is 2. The molecule has 0 bridgehead atoms. The van der Waals surface area contributed by atoms with Gasteiger partial charge in [-0.05, 0) is 42.1 Å². The van der Waals surface area contributed by atoms with Crippen LogP contribution in [-0.2, 0) is 6.61 Å². The first kappa shape index (κ1) is 10.5. The molecule has 0 spiro atoms. The van der Waals surface area contributed by atoms with E-state index >= 15 is 0 Å². The first-order valence-electron chi connectivity index (χ1n) is 5.01. The number of nitrogens with one attached hydrogen (secondary N) is 1. The van der Waals surface area contributed by atoms with Crippen LogP contribution < -0.4 is 5.32 Å². The van der Waals surface area contributed by atoms with E-state index in [1.807, 2.05) is 0 Å². The average molecular weight is 213 g/mol. The van der Waals surface area contributed by atoms with E-state index in [2.05, 4.69) is 5.32 Å². The minimum absolute atomic E-state index is 0.183. The lowest BCUT2D eigenvalue weighted by Crippen LogP contribution is -2.10. The van der Waals surface area contributed by atoms with Crippen molar-refractivity contribution in [3.63, 3.8) is 0 Å². The second-order valence-electron chi connectivity index (χ2n) is 3.81. The Kier molecular flexibility index (Phi) is 2.98. The zero-order valence-electron chi connectivity index (χ0n) is 8.26. The number of benzene rings is 1. The topological polar surface area (TPSA) is 32.3 Å². The van der Waals surface area contributed by atoms with Gasteiger partial charge in [-0.3, -0.25) is 0 Å². The van der Waals surface area contributed by atoms with Crippen LogP contribution in [0.1, 0.15) is 23.5 Å². The molecule has 1 saturated heterocycles. The molecule has 1 unspecified atom stereocenters. The van der Waals surface area contributed by atoms with Gasteiger partial charge in [0.25, 0.3) is 0 Å². The predicted octanol–water partition coefficient (Wildman–Crippen LogP) is 1.53. The van der Waals surface area contributed by atoms with E-state index in [1.165, 1.54) is 6.07 Å². The van der Waals surface area contributed by atoms with Gasteiger partial charge in [0.2, 0.25) is 0 Å². The SMILES string of the molecule is OCc1cc(F)c(F)cc1C1CCNC1. The minimum Gasteiger partial charge on any atom is -0.392 e. The van der Waals surface area contributed by atoms with Crippen LogP contribution in [0.3, 0.4) is 0 Å². The van der Waals surface area contributed by atoms with Gasteiger partial charge in [-0.1, -0.05) is 0 Å². The van der Waals surface area contributed by atoms with Gasteiger partial charge < -0.3 is 10.4 Å². The Balaban J connectivity index is 2.39. The van der Waals surface area contributed by atoms with Crippen molar-refractivity contribution in [1.29, 1.82) is 0 Å². The highest BCUT2D eigenvalue weighted by atomic mass is 19.2. The highest BCUT2D eigenvalue weighted by Gasteiger charge is 2.21. The number of aliphatic hydroxyl groups is 1. The lowest BCUT2D eigenvalue weighted by Gasteiger charge is -2.13. The van der Waals surface area contributed by atoms with Crippen LogP contribution in [0.25, 0.3) is 0 Å². The Bertz CT molecular complexity index is 362. The van der Waals surface area contributed by atoms with E-state index in [1.54, 1.807) is 0 Å². The van der Waals surface area contributed by atoms with Crippen molar-refractivity contribution >= 4 is 0 Å². The number of hydrogen-bond donors (Lipinski definition) is 2. The quantitative estimate of drug-likeness (QED) is 0.781. The highest BCUT2D eigenvalue weighted by Crippen LogP contribution is 2.27. The van der Waals surface area contributed by atoms with Crippen molar-refractivity contribution in [3.05, 3.63) is 34.9 Å². The molecule has 1 aliphatic heterocycles. The lowest BCUT2D eigenvalue weighted by atomic mass is 9.93. The van der Waals surface area contributed by atoms with Crippen molar-refractivity contribution in [3.8, 4) is 0 Å². The van der Waals surface area contributed by atoms with Crippen LogP contribution in [0.2, 0.25) is 0 Å². The standard InChI is InChI=1S/C11H13F2NO/c12-10-3-8(6-15)9(4-11(10)13)7-1-2-14-5-7/h3-4,7,14-15H,1-2,5-6H2. The van der Waals surface area contributed by atoms with E-state index < -0.39 is 11.6 Å². The molecule has 2 rings (SSSR count). The molecule has 4 heteroatoms. The number of hydrogen-bond acceptors (Lipinski definition) is 2. The Morgan fingerprint density at radius 3 is 2.67 bits per heavy atom. The number of aliphatic hydroxyl groups excluding tert-OH is 1. The summed E-state index contributed by atoms with van der Waals surface area (Å²) < 4.78 is 26.0. The molecule has 15 heavy (non-hydrogen) atoms. The maximum Gasteiger partial charge on any atom is 0.159 e. The second kappa shape index (κ2) is 4.24. The summed E-state index contributed by atoms with van der Waals surface area (Å²) >= 11 is 0. The van der Waals surface area contributed by atoms with Gasteiger partial charge in [0.05, 0.1) is 6.61 Å². The fourth-order valence-corrected chi connectivity index (χ4v) is 2.04. The summed E-state index contributed by atoms with van der Waals surface area (Å²) in [5.41, 5.74) is 1.21. The molecule has 2 nitrogen and oxygen atoms in total. The van der Waals surface area contributed by atoms with Crippen LogP contribution in [-0.4, -0.2) is 18.2 Å². The fraction of sp³-hybridized carbons (Fsp3) is 0.455. The molecule has 1 fully saturated rings. The largest absolute Gasteiger partial charge is 0.392 e. The summed E-state index contributed by atoms with van der Waals surface area (Å²) in [5, 5.41) is 12.2. The Morgan fingerprint density at radius 1 is 1.33 bits per heavy atom. The smallest absolute Gasteiger partial charge is 0.159 e. The van der Waals surface area contributed by atoms with Crippen molar-refractivity contribution < 1.29 is 13.9 Å². The van der Waals surface area contributed by atoms with Gasteiger partial charge in [-0.15, -0.1) is 0 Å². The predicted molar refractivity (Wildman–Crippen MR) is 52.5 cm³/mol. The molecule has 0 aliphatic carbocycles. The Morgan fingerprint density at radius 2 is 2.07 bits per heavy atom. The molecule has 1 atom stereocenters. The third-order valence-corrected chi connectivity index (χ3v) is 2.85. The van der Waals surface area contributed by atoms with E-state index in [4.69, 9.17) is 5.11 Å². The van der Waals surface area contributed by atoms with Crippen LogP contribution in [0, 0.1) is 11.6 Å². The molecule has 0 saturated carbocycles. The molecular weight excluding hydrogens is 200 g/mol. The van der Waals surface area contributed by atoms with Gasteiger partial charge in [-0.25, -0.2) is 8.78 Å². The molecule has 1 heterocycles. The van der Waals surface area contributed by atoms with Gasteiger partial charge in [0.1, 0.15) is 0 Å². The molecule has 0 aromatic heterocycles. The van der Waals surface area contributed by atoms with Crippen molar-refractivity contribution in [2.24, 2.45) is 0 Å². The first-order chi connectivity index (χ1) is 7.22. The molecule has 0 amide bonds.